The fraction of sp³-hybridized carbons (Fsp3) is 0.160. The first-order valence-electron chi connectivity index (χ1n) is 9.54. The summed E-state index contributed by atoms with van der Waals surface area (Å²) >= 11 is 3.45. The summed E-state index contributed by atoms with van der Waals surface area (Å²) in [5.41, 5.74) is 4.64. The number of aryl methyl sites for hydroxylation is 2. The van der Waals surface area contributed by atoms with Gasteiger partial charge in [-0.2, -0.15) is 0 Å². The van der Waals surface area contributed by atoms with Gasteiger partial charge >= 0.3 is 0 Å². The van der Waals surface area contributed by atoms with E-state index in [9.17, 15) is 4.39 Å². The van der Waals surface area contributed by atoms with Gasteiger partial charge in [0.15, 0.2) is 0 Å². The molecule has 0 aliphatic carbocycles. The smallest absolute Gasteiger partial charge is 0.123 e. The van der Waals surface area contributed by atoms with Gasteiger partial charge in [0.05, 0.1) is 10.7 Å². The van der Waals surface area contributed by atoms with E-state index in [0.717, 1.165) is 34.2 Å². The normalized spacial score (nSPS) is 11.9. The summed E-state index contributed by atoms with van der Waals surface area (Å²) in [6.07, 6.45) is 3.08. The molecule has 0 bridgehead atoms. The Labute approximate surface area is 181 Å². The number of halogens is 1. The van der Waals surface area contributed by atoms with Gasteiger partial charge in [-0.15, -0.1) is 23.5 Å². The highest BCUT2D eigenvalue weighted by molar-refractivity contribution is 8.14. The predicted octanol–water partition coefficient (Wildman–Crippen LogP) is 7.59. The number of aliphatic imine (C=N–C) groups is 1. The maximum Gasteiger partial charge on any atom is 0.123 e. The summed E-state index contributed by atoms with van der Waals surface area (Å²) < 4.78 is 13.0. The highest BCUT2D eigenvalue weighted by Gasteiger charge is 2.00. The summed E-state index contributed by atoms with van der Waals surface area (Å²) in [5, 5.41) is 3.07. The largest absolute Gasteiger partial charge is 0.242 e. The van der Waals surface area contributed by atoms with Gasteiger partial charge in [-0.3, -0.25) is 0 Å². The molecule has 0 N–H and O–H groups in total. The molecule has 0 atom stereocenters. The maximum atomic E-state index is 13.0. The van der Waals surface area contributed by atoms with Crippen molar-refractivity contribution < 1.29 is 4.39 Å². The van der Waals surface area contributed by atoms with Crippen molar-refractivity contribution in [3.63, 3.8) is 0 Å². The minimum Gasteiger partial charge on any atom is -0.242 e. The van der Waals surface area contributed by atoms with E-state index in [2.05, 4.69) is 54.8 Å². The van der Waals surface area contributed by atoms with Crippen LogP contribution in [-0.2, 0) is 12.2 Å². The number of thioether (sulfide) groups is 2. The second-order valence-electron chi connectivity index (χ2n) is 6.61. The summed E-state index contributed by atoms with van der Waals surface area (Å²) in [6.45, 7) is 2.08. The van der Waals surface area contributed by atoms with Gasteiger partial charge in [0.2, 0.25) is 0 Å². The third kappa shape index (κ3) is 7.92. The van der Waals surface area contributed by atoms with E-state index in [1.807, 2.05) is 30.3 Å². The summed E-state index contributed by atoms with van der Waals surface area (Å²) in [5.74, 6) is 1.59. The highest BCUT2D eigenvalue weighted by atomic mass is 32.2. The molecule has 0 spiro atoms. The Morgan fingerprint density at radius 2 is 1.62 bits per heavy atom. The molecule has 0 amide bonds. The van der Waals surface area contributed by atoms with Gasteiger partial charge in [-0.05, 0) is 60.2 Å². The predicted molar refractivity (Wildman–Crippen MR) is 128 cm³/mol. The topological polar surface area (TPSA) is 12.4 Å². The van der Waals surface area contributed by atoms with Crippen LogP contribution in [0, 0.1) is 12.7 Å². The molecule has 0 saturated heterocycles. The molecular weight excluding hydrogens is 397 g/mol. The molecular formula is C25H24FNS2. The molecule has 0 saturated carbocycles. The zero-order valence-corrected chi connectivity index (χ0v) is 18.1. The van der Waals surface area contributed by atoms with Crippen molar-refractivity contribution in [2.75, 3.05) is 5.75 Å². The Bertz CT molecular complexity index is 933. The third-order valence-corrected chi connectivity index (χ3v) is 5.99. The van der Waals surface area contributed by atoms with E-state index >= 15 is 0 Å². The van der Waals surface area contributed by atoms with Crippen molar-refractivity contribution in [1.29, 1.82) is 0 Å². The molecule has 0 aliphatic heterocycles. The Hall–Kier alpha value is -2.30. The average molecular weight is 422 g/mol. The molecule has 148 valence electrons. The van der Waals surface area contributed by atoms with E-state index in [1.165, 1.54) is 23.3 Å². The van der Waals surface area contributed by atoms with E-state index in [4.69, 9.17) is 4.99 Å². The Balaban J connectivity index is 1.61. The number of rotatable bonds is 8. The third-order valence-electron chi connectivity index (χ3n) is 4.23. The van der Waals surface area contributed by atoms with Gasteiger partial charge in [0, 0.05) is 11.5 Å². The van der Waals surface area contributed by atoms with Crippen LogP contribution >= 0.6 is 23.5 Å². The molecule has 0 heterocycles. The van der Waals surface area contributed by atoms with Gasteiger partial charge in [-0.1, -0.05) is 60.2 Å². The minimum atomic E-state index is -0.198. The van der Waals surface area contributed by atoms with Crippen LogP contribution < -0.4 is 0 Å². The van der Waals surface area contributed by atoms with E-state index < -0.39 is 0 Å². The van der Waals surface area contributed by atoms with Crippen molar-refractivity contribution in [3.8, 4) is 0 Å². The zero-order valence-electron chi connectivity index (χ0n) is 16.4. The number of nitrogens with zero attached hydrogens (tertiary/aromatic N) is 1. The van der Waals surface area contributed by atoms with E-state index in [0.29, 0.717) is 0 Å². The van der Waals surface area contributed by atoms with Crippen LogP contribution in [0.5, 0.6) is 0 Å². The molecule has 0 aromatic heterocycles. The van der Waals surface area contributed by atoms with Crippen LogP contribution in [0.3, 0.4) is 0 Å². The van der Waals surface area contributed by atoms with Crippen molar-refractivity contribution in [2.45, 2.75) is 19.1 Å². The van der Waals surface area contributed by atoms with E-state index in [1.54, 1.807) is 23.5 Å². The lowest BCUT2D eigenvalue weighted by Gasteiger charge is -2.04. The molecule has 3 aromatic carbocycles. The lowest BCUT2D eigenvalue weighted by atomic mass is 10.2. The van der Waals surface area contributed by atoms with Gasteiger partial charge in [-0.25, -0.2) is 9.38 Å². The number of hydrogen-bond acceptors (Lipinski definition) is 3. The summed E-state index contributed by atoms with van der Waals surface area (Å²) in [7, 11) is 0. The van der Waals surface area contributed by atoms with Crippen LogP contribution in [0.1, 0.15) is 16.7 Å². The SMILES string of the molecule is Cc1ccc(N=C(C=CSCc2ccc(F)cc2)SCCc2ccccc2)cc1. The van der Waals surface area contributed by atoms with Crippen molar-refractivity contribution in [2.24, 2.45) is 4.99 Å². The van der Waals surface area contributed by atoms with Crippen molar-refractivity contribution in [1.82, 2.24) is 0 Å². The first kappa shape index (κ1) is 21.4. The quantitative estimate of drug-likeness (QED) is 0.274. The summed E-state index contributed by atoms with van der Waals surface area (Å²) in [4.78, 5) is 4.82. The first-order chi connectivity index (χ1) is 14.2. The molecule has 29 heavy (non-hydrogen) atoms. The Morgan fingerprint density at radius 1 is 0.897 bits per heavy atom. The molecule has 0 radical (unpaired) electrons. The maximum absolute atomic E-state index is 13.0. The Kier molecular flexibility index (Phi) is 8.59. The van der Waals surface area contributed by atoms with Crippen LogP contribution in [0.25, 0.3) is 0 Å². The molecule has 3 aromatic rings. The fourth-order valence-electron chi connectivity index (χ4n) is 2.61. The molecule has 1 nitrogen and oxygen atoms in total. The van der Waals surface area contributed by atoms with Crippen molar-refractivity contribution in [3.05, 3.63) is 113 Å². The summed E-state index contributed by atoms with van der Waals surface area (Å²) in [6, 6.07) is 25.4. The monoisotopic (exact) mass is 421 g/mol. The first-order valence-corrected chi connectivity index (χ1v) is 11.6. The van der Waals surface area contributed by atoms with Gasteiger partial charge < -0.3 is 0 Å². The highest BCUT2D eigenvalue weighted by Crippen LogP contribution is 2.20. The van der Waals surface area contributed by atoms with Crippen molar-refractivity contribution >= 4 is 34.3 Å². The molecule has 4 heteroatoms. The second kappa shape index (κ2) is 11.6. The molecule has 0 aliphatic rings. The Morgan fingerprint density at radius 3 is 2.34 bits per heavy atom. The van der Waals surface area contributed by atoms with E-state index in [-0.39, 0.29) is 5.82 Å². The molecule has 0 fully saturated rings. The fourth-order valence-corrected chi connectivity index (χ4v) is 4.29. The van der Waals surface area contributed by atoms with Crippen LogP contribution in [0.2, 0.25) is 0 Å². The van der Waals surface area contributed by atoms with Gasteiger partial charge in [0.25, 0.3) is 0 Å². The number of benzene rings is 3. The van der Waals surface area contributed by atoms with Gasteiger partial charge in [0.1, 0.15) is 5.82 Å². The lowest BCUT2D eigenvalue weighted by Crippen LogP contribution is -1.93. The zero-order chi connectivity index (χ0) is 20.3. The lowest BCUT2D eigenvalue weighted by molar-refractivity contribution is 0.627. The van der Waals surface area contributed by atoms with Crippen LogP contribution in [0.15, 0.2) is 95.3 Å². The van der Waals surface area contributed by atoms with Crippen LogP contribution in [-0.4, -0.2) is 10.8 Å². The second-order valence-corrected chi connectivity index (χ2v) is 8.62. The number of hydrogen-bond donors (Lipinski definition) is 0. The van der Waals surface area contributed by atoms with Crippen LogP contribution in [0.4, 0.5) is 10.1 Å². The molecule has 0 unspecified atom stereocenters. The standard InChI is InChI=1S/C25H24FNS2/c1-20-7-13-24(14-8-20)27-25(29-18-15-21-5-3-2-4-6-21)16-17-28-19-22-9-11-23(26)12-10-22/h2-14,16-17H,15,18-19H2,1H3. The molecule has 3 rings (SSSR count). The average Bonchev–Trinajstić information content (AvgIpc) is 2.74. The minimum absolute atomic E-state index is 0.198.